The van der Waals surface area contributed by atoms with Crippen molar-refractivity contribution in [3.8, 4) is 11.4 Å². The van der Waals surface area contributed by atoms with Gasteiger partial charge >= 0.3 is 0 Å². The van der Waals surface area contributed by atoms with Crippen molar-refractivity contribution in [2.75, 3.05) is 32.1 Å². The Morgan fingerprint density at radius 3 is 2.91 bits per heavy atom. The van der Waals surface area contributed by atoms with Crippen LogP contribution in [0.2, 0.25) is 0 Å². The molecule has 22 heavy (non-hydrogen) atoms. The Bertz CT molecular complexity index is 602. The molecule has 1 aromatic carbocycles. The molecule has 0 atom stereocenters. The Morgan fingerprint density at radius 1 is 1.41 bits per heavy atom. The number of ether oxygens (including phenoxy) is 1. The molecule has 0 bridgehead atoms. The number of rotatable bonds is 7. The summed E-state index contributed by atoms with van der Waals surface area (Å²) in [5.41, 5.74) is 1.57. The third-order valence-electron chi connectivity index (χ3n) is 2.77. The molecule has 2 rings (SSSR count). The second kappa shape index (κ2) is 9.14. The van der Waals surface area contributed by atoms with Crippen LogP contribution in [0.1, 0.15) is 5.82 Å². The summed E-state index contributed by atoms with van der Waals surface area (Å²) in [5.74, 6) is 1.26. The molecular formula is C14H20ClN5O2. The Morgan fingerprint density at radius 2 is 2.23 bits per heavy atom. The van der Waals surface area contributed by atoms with Gasteiger partial charge < -0.3 is 15.4 Å². The lowest BCUT2D eigenvalue weighted by atomic mass is 10.2. The van der Waals surface area contributed by atoms with Gasteiger partial charge in [-0.05, 0) is 19.1 Å². The standard InChI is InChI=1S/C14H19N5O2.ClH/c1-10-16-14(19-18-10)11-4-3-5-12(8-11)17-13(20)9-15-6-7-21-2;/h3-5,8,15H,6-7,9H2,1-2H3,(H,17,20)(H,16,18,19);1H. The van der Waals surface area contributed by atoms with Crippen molar-refractivity contribution in [1.29, 1.82) is 0 Å². The average Bonchev–Trinajstić information content (AvgIpc) is 2.91. The summed E-state index contributed by atoms with van der Waals surface area (Å²) >= 11 is 0. The van der Waals surface area contributed by atoms with Crippen LogP contribution in [0.5, 0.6) is 0 Å². The zero-order valence-corrected chi connectivity index (χ0v) is 13.4. The zero-order valence-electron chi connectivity index (χ0n) is 12.5. The number of amides is 1. The molecule has 7 nitrogen and oxygen atoms in total. The maximum atomic E-state index is 11.8. The molecule has 0 spiro atoms. The van der Waals surface area contributed by atoms with Gasteiger partial charge in [0.15, 0.2) is 5.82 Å². The number of carbonyl (C=O) groups is 1. The van der Waals surface area contributed by atoms with Crippen molar-refractivity contribution < 1.29 is 9.53 Å². The minimum absolute atomic E-state index is 0. The summed E-state index contributed by atoms with van der Waals surface area (Å²) < 4.78 is 4.90. The third kappa shape index (κ3) is 5.44. The highest BCUT2D eigenvalue weighted by Crippen LogP contribution is 2.19. The molecular weight excluding hydrogens is 306 g/mol. The van der Waals surface area contributed by atoms with Gasteiger partial charge in [-0.3, -0.25) is 9.89 Å². The summed E-state index contributed by atoms with van der Waals surface area (Å²) in [6.07, 6.45) is 0. The first-order valence-corrected chi connectivity index (χ1v) is 6.68. The monoisotopic (exact) mass is 325 g/mol. The van der Waals surface area contributed by atoms with Gasteiger partial charge in [-0.25, -0.2) is 4.98 Å². The van der Waals surface area contributed by atoms with Crippen molar-refractivity contribution in [2.45, 2.75) is 6.92 Å². The fraction of sp³-hybridized carbons (Fsp3) is 0.357. The fourth-order valence-electron chi connectivity index (χ4n) is 1.79. The molecule has 1 heterocycles. The quantitative estimate of drug-likeness (QED) is 0.669. The number of hydrogen-bond acceptors (Lipinski definition) is 5. The van der Waals surface area contributed by atoms with E-state index >= 15 is 0 Å². The van der Waals surface area contributed by atoms with E-state index in [0.717, 1.165) is 11.4 Å². The predicted molar refractivity (Wildman–Crippen MR) is 87.2 cm³/mol. The van der Waals surface area contributed by atoms with E-state index < -0.39 is 0 Å². The van der Waals surface area contributed by atoms with Crippen molar-refractivity contribution in [2.24, 2.45) is 0 Å². The molecule has 0 radical (unpaired) electrons. The first-order valence-electron chi connectivity index (χ1n) is 6.68. The second-order valence-electron chi connectivity index (χ2n) is 4.54. The van der Waals surface area contributed by atoms with Gasteiger partial charge in [0.2, 0.25) is 5.91 Å². The minimum atomic E-state index is -0.102. The van der Waals surface area contributed by atoms with E-state index in [4.69, 9.17) is 4.74 Å². The largest absolute Gasteiger partial charge is 0.383 e. The molecule has 3 N–H and O–H groups in total. The van der Waals surface area contributed by atoms with Gasteiger partial charge in [-0.15, -0.1) is 12.4 Å². The predicted octanol–water partition coefficient (Wildman–Crippen LogP) is 1.38. The summed E-state index contributed by atoms with van der Waals surface area (Å²) in [7, 11) is 1.62. The molecule has 120 valence electrons. The number of carbonyl (C=O) groups excluding carboxylic acids is 1. The number of nitrogens with one attached hydrogen (secondary N) is 3. The van der Waals surface area contributed by atoms with Crippen LogP contribution in [-0.2, 0) is 9.53 Å². The third-order valence-corrected chi connectivity index (χ3v) is 2.77. The molecule has 0 aliphatic carbocycles. The normalized spacial score (nSPS) is 10.1. The van der Waals surface area contributed by atoms with Crippen LogP contribution in [-0.4, -0.2) is 47.9 Å². The van der Waals surface area contributed by atoms with Crippen LogP contribution in [0.4, 0.5) is 5.69 Å². The lowest BCUT2D eigenvalue weighted by molar-refractivity contribution is -0.115. The highest BCUT2D eigenvalue weighted by molar-refractivity contribution is 5.92. The topological polar surface area (TPSA) is 91.9 Å². The van der Waals surface area contributed by atoms with Crippen LogP contribution in [0, 0.1) is 6.92 Å². The molecule has 0 saturated carbocycles. The van der Waals surface area contributed by atoms with E-state index in [2.05, 4.69) is 25.8 Å². The van der Waals surface area contributed by atoms with Gasteiger partial charge in [-0.1, -0.05) is 12.1 Å². The van der Waals surface area contributed by atoms with E-state index in [0.29, 0.717) is 24.7 Å². The summed E-state index contributed by atoms with van der Waals surface area (Å²) in [6.45, 7) is 3.30. The van der Waals surface area contributed by atoms with Crippen molar-refractivity contribution in [3.05, 3.63) is 30.1 Å². The van der Waals surface area contributed by atoms with Crippen molar-refractivity contribution in [3.63, 3.8) is 0 Å². The number of aromatic amines is 1. The number of benzene rings is 1. The average molecular weight is 326 g/mol. The van der Waals surface area contributed by atoms with E-state index in [-0.39, 0.29) is 24.9 Å². The molecule has 1 aromatic heterocycles. The first kappa shape index (κ1) is 18.1. The molecule has 0 aliphatic heterocycles. The highest BCUT2D eigenvalue weighted by atomic mass is 35.5. The zero-order chi connectivity index (χ0) is 15.1. The molecule has 0 saturated heterocycles. The second-order valence-corrected chi connectivity index (χ2v) is 4.54. The van der Waals surface area contributed by atoms with Crippen molar-refractivity contribution >= 4 is 24.0 Å². The molecule has 0 aliphatic rings. The summed E-state index contributed by atoms with van der Waals surface area (Å²) in [4.78, 5) is 16.0. The Labute approximate surface area is 135 Å². The molecule has 2 aromatic rings. The SMILES string of the molecule is COCCNCC(=O)Nc1cccc(-c2n[nH]c(C)n2)c1.Cl. The first-order chi connectivity index (χ1) is 10.2. The van der Waals surface area contributed by atoms with Crippen LogP contribution >= 0.6 is 12.4 Å². The summed E-state index contributed by atoms with van der Waals surface area (Å²) in [6, 6.07) is 7.43. The fourth-order valence-corrected chi connectivity index (χ4v) is 1.79. The minimum Gasteiger partial charge on any atom is -0.383 e. The van der Waals surface area contributed by atoms with Crippen LogP contribution in [0.25, 0.3) is 11.4 Å². The Balaban J connectivity index is 0.00000242. The van der Waals surface area contributed by atoms with E-state index in [1.165, 1.54) is 0 Å². The lowest BCUT2D eigenvalue weighted by Crippen LogP contribution is -2.30. The van der Waals surface area contributed by atoms with Crippen LogP contribution in [0.15, 0.2) is 24.3 Å². The Hall–Kier alpha value is -1.96. The number of halogens is 1. The molecule has 1 amide bonds. The smallest absolute Gasteiger partial charge is 0.238 e. The number of aryl methyl sites for hydroxylation is 1. The van der Waals surface area contributed by atoms with Crippen LogP contribution in [0.3, 0.4) is 0 Å². The maximum absolute atomic E-state index is 11.8. The van der Waals surface area contributed by atoms with Gasteiger partial charge in [0, 0.05) is 24.9 Å². The molecule has 8 heteroatoms. The number of nitrogens with zero attached hydrogens (tertiary/aromatic N) is 2. The van der Waals surface area contributed by atoms with E-state index in [9.17, 15) is 4.79 Å². The van der Waals surface area contributed by atoms with Gasteiger partial charge in [0.1, 0.15) is 5.82 Å². The number of aromatic nitrogens is 3. The molecule has 0 unspecified atom stereocenters. The Kier molecular flexibility index (Phi) is 7.51. The van der Waals surface area contributed by atoms with E-state index in [1.807, 2.05) is 31.2 Å². The van der Waals surface area contributed by atoms with Crippen molar-refractivity contribution in [1.82, 2.24) is 20.5 Å². The number of H-pyrrole nitrogens is 1. The number of hydrogen-bond donors (Lipinski definition) is 3. The summed E-state index contributed by atoms with van der Waals surface area (Å²) in [5, 5.41) is 12.7. The van der Waals surface area contributed by atoms with E-state index in [1.54, 1.807) is 7.11 Å². The maximum Gasteiger partial charge on any atom is 0.238 e. The lowest BCUT2D eigenvalue weighted by Gasteiger charge is -2.07. The van der Waals surface area contributed by atoms with Crippen LogP contribution < -0.4 is 10.6 Å². The van der Waals surface area contributed by atoms with Gasteiger partial charge in [0.05, 0.1) is 13.2 Å². The van der Waals surface area contributed by atoms with Gasteiger partial charge in [-0.2, -0.15) is 5.10 Å². The van der Waals surface area contributed by atoms with Gasteiger partial charge in [0.25, 0.3) is 0 Å². The number of methoxy groups -OCH3 is 1. The molecule has 0 fully saturated rings. The highest BCUT2D eigenvalue weighted by Gasteiger charge is 2.06. The number of anilines is 1.